The maximum absolute atomic E-state index is 13.5. The molecule has 0 aliphatic heterocycles. The summed E-state index contributed by atoms with van der Waals surface area (Å²) in [4.78, 5) is 2.46. The third kappa shape index (κ3) is 4.62. The van der Waals surface area contributed by atoms with E-state index in [2.05, 4.69) is 10.1 Å². The number of methoxy groups -OCH3 is 1. The standard InChI is InChI=1S/C17H17F4N3O2/c1-3-4-7-26-11-6-5-10(8-12(11)25-2)9-22-24-15-13(18)16(20)23-17(21)14(15)19/h5-6,8-9H,3-4,7H2,1-2H3,(H,23,24)/b22-9+. The molecule has 9 heteroatoms. The van der Waals surface area contributed by atoms with Gasteiger partial charge >= 0.3 is 0 Å². The first-order valence-electron chi connectivity index (χ1n) is 7.77. The summed E-state index contributed by atoms with van der Waals surface area (Å²) >= 11 is 0. The summed E-state index contributed by atoms with van der Waals surface area (Å²) in [5.41, 5.74) is 1.37. The number of halogens is 4. The van der Waals surface area contributed by atoms with Crippen LogP contribution < -0.4 is 14.9 Å². The fourth-order valence-electron chi connectivity index (χ4n) is 1.97. The summed E-state index contributed by atoms with van der Waals surface area (Å²) in [6, 6.07) is 4.88. The molecule has 0 aliphatic carbocycles. The number of hydrazone groups is 1. The van der Waals surface area contributed by atoms with Gasteiger partial charge in [-0.2, -0.15) is 27.6 Å². The van der Waals surface area contributed by atoms with Crippen molar-refractivity contribution in [2.24, 2.45) is 5.10 Å². The number of hydrogen-bond acceptors (Lipinski definition) is 5. The quantitative estimate of drug-likeness (QED) is 0.248. The average Bonchev–Trinajstić information content (AvgIpc) is 2.64. The van der Waals surface area contributed by atoms with Crippen LogP contribution in [0.5, 0.6) is 11.5 Å². The molecule has 0 fully saturated rings. The minimum atomic E-state index is -1.77. The molecule has 0 radical (unpaired) electrons. The lowest BCUT2D eigenvalue weighted by Gasteiger charge is -2.10. The number of unbranched alkanes of at least 4 members (excludes halogenated alkanes) is 1. The van der Waals surface area contributed by atoms with Crippen LogP contribution in [0.4, 0.5) is 23.2 Å². The van der Waals surface area contributed by atoms with Crippen LogP contribution in [0.2, 0.25) is 0 Å². The molecule has 2 rings (SSSR count). The first-order valence-corrected chi connectivity index (χ1v) is 7.77. The number of rotatable bonds is 8. The predicted octanol–water partition coefficient (Wildman–Crippen LogP) is 4.27. The van der Waals surface area contributed by atoms with Gasteiger partial charge in [0.1, 0.15) is 5.69 Å². The molecule has 0 atom stereocenters. The number of benzene rings is 1. The van der Waals surface area contributed by atoms with Crippen LogP contribution >= 0.6 is 0 Å². The number of pyridine rings is 1. The smallest absolute Gasteiger partial charge is 0.254 e. The summed E-state index contributed by atoms with van der Waals surface area (Å²) in [6.07, 6.45) is 3.09. The van der Waals surface area contributed by atoms with E-state index in [4.69, 9.17) is 9.47 Å². The van der Waals surface area contributed by atoms with Crippen LogP contribution in [-0.4, -0.2) is 24.9 Å². The lowest BCUT2D eigenvalue weighted by atomic mass is 10.2. The van der Waals surface area contributed by atoms with Crippen molar-refractivity contribution in [2.75, 3.05) is 19.1 Å². The number of nitrogens with one attached hydrogen (secondary N) is 1. The Morgan fingerprint density at radius 1 is 1.12 bits per heavy atom. The molecule has 1 aromatic heterocycles. The largest absolute Gasteiger partial charge is 0.493 e. The maximum Gasteiger partial charge on any atom is 0.254 e. The molecule has 0 spiro atoms. The Morgan fingerprint density at radius 2 is 1.81 bits per heavy atom. The summed E-state index contributed by atoms with van der Waals surface area (Å²) in [7, 11) is 1.47. The van der Waals surface area contributed by atoms with Crippen LogP contribution in [0.15, 0.2) is 23.3 Å². The highest BCUT2D eigenvalue weighted by atomic mass is 19.2. The minimum Gasteiger partial charge on any atom is -0.493 e. The van der Waals surface area contributed by atoms with Gasteiger partial charge in [0.05, 0.1) is 19.9 Å². The Kier molecular flexibility index (Phi) is 6.76. The Morgan fingerprint density at radius 3 is 2.42 bits per heavy atom. The van der Waals surface area contributed by atoms with E-state index in [1.54, 1.807) is 18.2 Å². The fourth-order valence-corrected chi connectivity index (χ4v) is 1.97. The van der Waals surface area contributed by atoms with E-state index in [-0.39, 0.29) is 0 Å². The molecular weight excluding hydrogens is 354 g/mol. The van der Waals surface area contributed by atoms with Crippen molar-refractivity contribution >= 4 is 11.9 Å². The highest BCUT2D eigenvalue weighted by molar-refractivity contribution is 5.81. The number of hydrogen-bond donors (Lipinski definition) is 1. The number of nitrogens with zero attached hydrogens (tertiary/aromatic N) is 2. The van der Waals surface area contributed by atoms with E-state index in [9.17, 15) is 17.6 Å². The van der Waals surface area contributed by atoms with Gasteiger partial charge in [0.15, 0.2) is 11.5 Å². The van der Waals surface area contributed by atoms with Gasteiger partial charge in [-0.05, 0) is 30.2 Å². The zero-order valence-electron chi connectivity index (χ0n) is 14.2. The van der Waals surface area contributed by atoms with Crippen molar-refractivity contribution in [3.05, 3.63) is 47.3 Å². The normalized spacial score (nSPS) is 11.0. The second-order valence-corrected chi connectivity index (χ2v) is 5.18. The van der Waals surface area contributed by atoms with E-state index in [0.29, 0.717) is 23.7 Å². The van der Waals surface area contributed by atoms with Crippen molar-refractivity contribution in [1.29, 1.82) is 0 Å². The van der Waals surface area contributed by atoms with E-state index in [0.717, 1.165) is 12.8 Å². The topological polar surface area (TPSA) is 55.7 Å². The van der Waals surface area contributed by atoms with Crippen LogP contribution in [0, 0.1) is 23.5 Å². The molecule has 5 nitrogen and oxygen atoms in total. The summed E-state index contributed by atoms with van der Waals surface area (Å²) in [5.74, 6) is -5.88. The maximum atomic E-state index is 13.5. The van der Waals surface area contributed by atoms with Gasteiger partial charge in [-0.25, -0.2) is 0 Å². The molecule has 26 heavy (non-hydrogen) atoms. The van der Waals surface area contributed by atoms with E-state index >= 15 is 0 Å². The molecule has 0 bridgehead atoms. The molecule has 0 aliphatic rings. The molecule has 0 amide bonds. The molecule has 1 N–H and O–H groups in total. The second-order valence-electron chi connectivity index (χ2n) is 5.18. The number of ether oxygens (including phenoxy) is 2. The molecule has 1 aromatic carbocycles. The highest BCUT2D eigenvalue weighted by Crippen LogP contribution is 2.28. The number of anilines is 1. The second kappa shape index (κ2) is 9.02. The van der Waals surface area contributed by atoms with Crippen LogP contribution in [0.3, 0.4) is 0 Å². The van der Waals surface area contributed by atoms with Crippen LogP contribution in [-0.2, 0) is 0 Å². The lowest BCUT2D eigenvalue weighted by Crippen LogP contribution is -2.06. The van der Waals surface area contributed by atoms with Crippen LogP contribution in [0.25, 0.3) is 0 Å². The monoisotopic (exact) mass is 371 g/mol. The molecule has 0 unspecified atom stereocenters. The van der Waals surface area contributed by atoms with Gasteiger partial charge in [-0.15, -0.1) is 0 Å². The van der Waals surface area contributed by atoms with Gasteiger partial charge in [0, 0.05) is 0 Å². The van der Waals surface area contributed by atoms with E-state index in [1.165, 1.54) is 13.3 Å². The van der Waals surface area contributed by atoms with Gasteiger partial charge in [0.2, 0.25) is 11.6 Å². The van der Waals surface area contributed by atoms with Gasteiger partial charge in [0.25, 0.3) is 11.9 Å². The Balaban J connectivity index is 2.14. The number of aromatic nitrogens is 1. The third-order valence-electron chi connectivity index (χ3n) is 3.33. The van der Waals surface area contributed by atoms with Crippen LogP contribution in [0.1, 0.15) is 25.3 Å². The SMILES string of the molecule is CCCCOc1ccc(/C=N/Nc2c(F)c(F)nc(F)c2F)cc1OC. The first-order chi connectivity index (χ1) is 12.5. The Labute approximate surface area is 147 Å². The zero-order chi connectivity index (χ0) is 19.1. The zero-order valence-corrected chi connectivity index (χ0v) is 14.2. The third-order valence-corrected chi connectivity index (χ3v) is 3.33. The highest BCUT2D eigenvalue weighted by Gasteiger charge is 2.20. The average molecular weight is 371 g/mol. The molecule has 0 saturated carbocycles. The lowest BCUT2D eigenvalue weighted by molar-refractivity contribution is 0.288. The Bertz CT molecular complexity index is 774. The first kappa shape index (κ1) is 19.5. The van der Waals surface area contributed by atoms with Crippen molar-refractivity contribution in [3.8, 4) is 11.5 Å². The minimum absolute atomic E-state index is 0.448. The summed E-state index contributed by atoms with van der Waals surface area (Å²) in [5, 5.41) is 3.58. The molecule has 0 saturated heterocycles. The molecule has 2 aromatic rings. The Hall–Kier alpha value is -2.84. The van der Waals surface area contributed by atoms with Crippen molar-refractivity contribution in [1.82, 2.24) is 4.98 Å². The summed E-state index contributed by atoms with van der Waals surface area (Å²) < 4.78 is 63.8. The van der Waals surface area contributed by atoms with Crippen molar-refractivity contribution in [2.45, 2.75) is 19.8 Å². The van der Waals surface area contributed by atoms with Crippen molar-refractivity contribution in [3.63, 3.8) is 0 Å². The molecule has 1 heterocycles. The van der Waals surface area contributed by atoms with Gasteiger partial charge in [-0.3, -0.25) is 5.43 Å². The van der Waals surface area contributed by atoms with Gasteiger partial charge in [-0.1, -0.05) is 13.3 Å². The van der Waals surface area contributed by atoms with Gasteiger partial charge < -0.3 is 9.47 Å². The van der Waals surface area contributed by atoms with E-state index in [1.807, 2.05) is 12.3 Å². The van der Waals surface area contributed by atoms with Crippen molar-refractivity contribution < 1.29 is 27.0 Å². The summed E-state index contributed by atoms with van der Waals surface area (Å²) in [6.45, 7) is 2.58. The molecule has 140 valence electrons. The molecular formula is C17H17F4N3O2. The van der Waals surface area contributed by atoms with E-state index < -0.39 is 29.2 Å². The predicted molar refractivity (Wildman–Crippen MR) is 88.7 cm³/mol. The fraction of sp³-hybridized carbons (Fsp3) is 0.294.